The molecule has 1 heterocycles. The minimum atomic E-state index is 0.0746. The normalized spacial score (nSPS) is 44.2. The number of ether oxygens (including phenoxy) is 1. The summed E-state index contributed by atoms with van der Waals surface area (Å²) >= 11 is 0. The molecule has 0 radical (unpaired) electrons. The Kier molecular flexibility index (Phi) is 2.33. The Bertz CT molecular complexity index is 239. The van der Waals surface area contributed by atoms with Crippen LogP contribution in [0.4, 0.5) is 0 Å². The van der Waals surface area contributed by atoms with Crippen molar-refractivity contribution in [2.45, 2.75) is 69.6 Å². The highest BCUT2D eigenvalue weighted by atomic mass is 16.5. The highest BCUT2D eigenvalue weighted by Crippen LogP contribution is 2.47. The maximum Gasteiger partial charge on any atom is 0.120 e. The molecule has 0 aromatic carbocycles. The second-order valence-electron chi connectivity index (χ2n) is 5.99. The lowest BCUT2D eigenvalue weighted by atomic mass is 9.74. The van der Waals surface area contributed by atoms with Crippen molar-refractivity contribution in [3.63, 3.8) is 0 Å². The molecule has 2 aliphatic carbocycles. The molecule has 2 spiro atoms. The van der Waals surface area contributed by atoms with Crippen LogP contribution < -0.4 is 5.32 Å². The Balaban J connectivity index is 1.69. The first-order chi connectivity index (χ1) is 7.22. The van der Waals surface area contributed by atoms with Crippen LogP contribution in [-0.2, 0) is 4.74 Å². The lowest BCUT2D eigenvalue weighted by molar-refractivity contribution is -0.243. The molecule has 0 amide bonds. The van der Waals surface area contributed by atoms with Crippen LogP contribution in [0.2, 0.25) is 0 Å². The SMILES string of the molecule is CC1CCC2(CC1)NCCC1(CCC1)O2. The standard InChI is InChI=1S/C13H23NO/c1-11-3-7-13(8-4-11)14-10-9-12(15-13)5-2-6-12/h11,14H,2-10H2,1H3. The summed E-state index contributed by atoms with van der Waals surface area (Å²) < 4.78 is 6.48. The average molecular weight is 209 g/mol. The summed E-state index contributed by atoms with van der Waals surface area (Å²) in [6, 6.07) is 0. The Morgan fingerprint density at radius 1 is 1.07 bits per heavy atom. The summed E-state index contributed by atoms with van der Waals surface area (Å²) in [6.45, 7) is 3.54. The Morgan fingerprint density at radius 3 is 2.40 bits per heavy atom. The van der Waals surface area contributed by atoms with Gasteiger partial charge < -0.3 is 4.74 Å². The zero-order chi connectivity index (χ0) is 10.4. The van der Waals surface area contributed by atoms with Crippen molar-refractivity contribution in [1.82, 2.24) is 5.32 Å². The molecule has 0 aromatic rings. The van der Waals surface area contributed by atoms with Crippen LogP contribution in [0.25, 0.3) is 0 Å². The van der Waals surface area contributed by atoms with E-state index < -0.39 is 0 Å². The maximum atomic E-state index is 6.48. The number of hydrogen-bond donors (Lipinski definition) is 1. The monoisotopic (exact) mass is 209 g/mol. The lowest BCUT2D eigenvalue weighted by Gasteiger charge is -2.55. The van der Waals surface area contributed by atoms with Gasteiger partial charge in [0.2, 0.25) is 0 Å². The van der Waals surface area contributed by atoms with Crippen LogP contribution in [0.1, 0.15) is 58.3 Å². The van der Waals surface area contributed by atoms with Crippen molar-refractivity contribution < 1.29 is 4.74 Å². The van der Waals surface area contributed by atoms with Crippen LogP contribution in [0, 0.1) is 5.92 Å². The molecule has 3 rings (SSSR count). The van der Waals surface area contributed by atoms with Crippen LogP contribution in [0.5, 0.6) is 0 Å². The average Bonchev–Trinajstić information content (AvgIpc) is 2.21. The first-order valence-electron chi connectivity index (χ1n) is 6.67. The molecule has 0 unspecified atom stereocenters. The van der Waals surface area contributed by atoms with E-state index in [1.54, 1.807) is 0 Å². The fraction of sp³-hybridized carbons (Fsp3) is 1.00. The quantitative estimate of drug-likeness (QED) is 0.662. The molecule has 0 atom stereocenters. The Morgan fingerprint density at radius 2 is 1.80 bits per heavy atom. The number of rotatable bonds is 0. The summed E-state index contributed by atoms with van der Waals surface area (Å²) in [5.41, 5.74) is 0.372. The van der Waals surface area contributed by atoms with Gasteiger partial charge in [0, 0.05) is 6.54 Å². The Hall–Kier alpha value is -0.0800. The largest absolute Gasteiger partial charge is 0.354 e. The van der Waals surface area contributed by atoms with Gasteiger partial charge in [0.1, 0.15) is 5.72 Å². The Labute approximate surface area is 92.8 Å². The summed E-state index contributed by atoms with van der Waals surface area (Å²) in [5.74, 6) is 0.903. The molecule has 15 heavy (non-hydrogen) atoms. The van der Waals surface area contributed by atoms with E-state index in [2.05, 4.69) is 12.2 Å². The second-order valence-corrected chi connectivity index (χ2v) is 5.99. The number of nitrogens with one attached hydrogen (secondary N) is 1. The van der Waals surface area contributed by atoms with Crippen molar-refractivity contribution in [3.05, 3.63) is 0 Å². The molecule has 1 N–H and O–H groups in total. The van der Waals surface area contributed by atoms with E-state index in [9.17, 15) is 0 Å². The molecule has 0 aromatic heterocycles. The zero-order valence-corrected chi connectivity index (χ0v) is 9.85. The molecular weight excluding hydrogens is 186 g/mol. The molecule has 0 bridgehead atoms. The van der Waals surface area contributed by atoms with Gasteiger partial charge in [-0.1, -0.05) is 6.92 Å². The third kappa shape index (κ3) is 1.72. The topological polar surface area (TPSA) is 21.3 Å². The van der Waals surface area contributed by atoms with Gasteiger partial charge >= 0.3 is 0 Å². The molecule has 86 valence electrons. The molecule has 3 aliphatic rings. The molecule has 2 nitrogen and oxygen atoms in total. The maximum absolute atomic E-state index is 6.48. The van der Waals surface area contributed by atoms with Gasteiger partial charge in [-0.3, -0.25) is 5.32 Å². The third-order valence-corrected chi connectivity index (χ3v) is 4.79. The molecule has 2 heteroatoms. The first-order valence-corrected chi connectivity index (χ1v) is 6.67. The van der Waals surface area contributed by atoms with E-state index in [0.29, 0.717) is 5.60 Å². The minimum Gasteiger partial charge on any atom is -0.354 e. The van der Waals surface area contributed by atoms with E-state index in [1.165, 1.54) is 57.9 Å². The zero-order valence-electron chi connectivity index (χ0n) is 9.85. The summed E-state index contributed by atoms with van der Waals surface area (Å²) in [4.78, 5) is 0. The first kappa shape index (κ1) is 10.1. The summed E-state index contributed by atoms with van der Waals surface area (Å²) in [5, 5.41) is 3.66. The number of hydrogen-bond acceptors (Lipinski definition) is 2. The van der Waals surface area contributed by atoms with Gasteiger partial charge in [-0.2, -0.15) is 0 Å². The summed E-state index contributed by atoms with van der Waals surface area (Å²) in [6.07, 6.45) is 10.4. The van der Waals surface area contributed by atoms with Gasteiger partial charge in [-0.15, -0.1) is 0 Å². The van der Waals surface area contributed by atoms with Gasteiger partial charge in [0.15, 0.2) is 0 Å². The molecular formula is C13H23NO. The third-order valence-electron chi connectivity index (χ3n) is 4.79. The highest BCUT2D eigenvalue weighted by Gasteiger charge is 2.49. The van der Waals surface area contributed by atoms with E-state index in [1.807, 2.05) is 0 Å². The van der Waals surface area contributed by atoms with Crippen molar-refractivity contribution >= 4 is 0 Å². The lowest BCUT2D eigenvalue weighted by Crippen LogP contribution is -2.62. The summed E-state index contributed by atoms with van der Waals surface area (Å²) in [7, 11) is 0. The van der Waals surface area contributed by atoms with Gasteiger partial charge in [-0.25, -0.2) is 0 Å². The second kappa shape index (κ2) is 3.46. The smallest absolute Gasteiger partial charge is 0.120 e. The van der Waals surface area contributed by atoms with Crippen molar-refractivity contribution in [2.24, 2.45) is 5.92 Å². The highest BCUT2D eigenvalue weighted by molar-refractivity contribution is 4.99. The fourth-order valence-electron chi connectivity index (χ4n) is 3.45. The van der Waals surface area contributed by atoms with Gasteiger partial charge in [0.05, 0.1) is 5.60 Å². The van der Waals surface area contributed by atoms with E-state index in [0.717, 1.165) is 5.92 Å². The van der Waals surface area contributed by atoms with Crippen molar-refractivity contribution in [2.75, 3.05) is 6.54 Å². The van der Waals surface area contributed by atoms with Crippen LogP contribution >= 0.6 is 0 Å². The van der Waals surface area contributed by atoms with E-state index in [4.69, 9.17) is 4.74 Å². The van der Waals surface area contributed by atoms with E-state index >= 15 is 0 Å². The molecule has 1 saturated heterocycles. The van der Waals surface area contributed by atoms with Crippen LogP contribution in [0.15, 0.2) is 0 Å². The predicted molar refractivity (Wildman–Crippen MR) is 60.6 cm³/mol. The van der Waals surface area contributed by atoms with E-state index in [-0.39, 0.29) is 5.72 Å². The minimum absolute atomic E-state index is 0.0746. The molecule has 3 fully saturated rings. The van der Waals surface area contributed by atoms with Gasteiger partial charge in [-0.05, 0) is 57.3 Å². The van der Waals surface area contributed by atoms with Crippen molar-refractivity contribution in [1.29, 1.82) is 0 Å². The van der Waals surface area contributed by atoms with Gasteiger partial charge in [0.25, 0.3) is 0 Å². The molecule has 1 aliphatic heterocycles. The fourth-order valence-corrected chi connectivity index (χ4v) is 3.45. The van der Waals surface area contributed by atoms with Crippen LogP contribution in [-0.4, -0.2) is 17.9 Å². The van der Waals surface area contributed by atoms with Crippen LogP contribution in [0.3, 0.4) is 0 Å². The molecule has 2 saturated carbocycles. The predicted octanol–water partition coefficient (Wildman–Crippen LogP) is 2.83. The van der Waals surface area contributed by atoms with Crippen molar-refractivity contribution in [3.8, 4) is 0 Å².